The molecule has 1 radical (unpaired) electrons. The van der Waals surface area contributed by atoms with Crippen molar-refractivity contribution in [3.63, 3.8) is 0 Å². The Morgan fingerprint density at radius 3 is 2.80 bits per heavy atom. The Morgan fingerprint density at radius 2 is 2.20 bits per heavy atom. The molecule has 1 rings (SSSR count). The van der Waals surface area contributed by atoms with Crippen LogP contribution in [0.3, 0.4) is 0 Å². The highest BCUT2D eigenvalue weighted by Gasteiger charge is 1.91. The number of hydrogen-bond acceptors (Lipinski definition) is 3. The van der Waals surface area contributed by atoms with Gasteiger partial charge in [-0.3, -0.25) is 0 Å². The van der Waals surface area contributed by atoms with Gasteiger partial charge in [0.25, 0.3) is 0 Å². The first-order valence-corrected chi connectivity index (χ1v) is 3.09. The van der Waals surface area contributed by atoms with Crippen molar-refractivity contribution in [3.05, 3.63) is 24.3 Å². The van der Waals surface area contributed by atoms with Crippen molar-refractivity contribution in [2.75, 3.05) is 13.7 Å². The highest BCUT2D eigenvalue weighted by atomic mass is 16.5. The van der Waals surface area contributed by atoms with Crippen molar-refractivity contribution in [2.45, 2.75) is 6.42 Å². The van der Waals surface area contributed by atoms with Crippen molar-refractivity contribution in [1.82, 2.24) is 9.97 Å². The predicted octanol–water partition coefficient (Wildman–Crippen LogP) is 0.466. The second-order valence-electron chi connectivity index (χ2n) is 1.84. The van der Waals surface area contributed by atoms with Crippen LogP contribution >= 0.6 is 0 Å². The van der Waals surface area contributed by atoms with Gasteiger partial charge in [-0.1, -0.05) is 0 Å². The first kappa shape index (κ1) is 7.15. The second kappa shape index (κ2) is 3.95. The van der Waals surface area contributed by atoms with Crippen LogP contribution in [0.25, 0.3) is 0 Å². The van der Waals surface area contributed by atoms with E-state index in [1.54, 1.807) is 19.5 Å². The molecular weight excluding hydrogens is 128 g/mol. The molecule has 0 amide bonds. The summed E-state index contributed by atoms with van der Waals surface area (Å²) in [6.45, 7) is 0.671. The summed E-state index contributed by atoms with van der Waals surface area (Å²) in [7, 11) is 1.66. The lowest BCUT2D eigenvalue weighted by Gasteiger charge is -1.95. The maximum absolute atomic E-state index is 4.86. The van der Waals surface area contributed by atoms with Crippen molar-refractivity contribution in [1.29, 1.82) is 0 Å². The molecule has 0 bridgehead atoms. The SMILES string of the molecule is COCCc1nc[c]cn1. The normalized spacial score (nSPS) is 9.70. The molecule has 0 spiro atoms. The minimum atomic E-state index is 0.671. The summed E-state index contributed by atoms with van der Waals surface area (Å²) in [6.07, 6.45) is 3.99. The van der Waals surface area contributed by atoms with E-state index in [4.69, 9.17) is 4.74 Å². The molecule has 0 aliphatic carbocycles. The van der Waals surface area contributed by atoms with E-state index in [-0.39, 0.29) is 0 Å². The number of methoxy groups -OCH3 is 1. The molecule has 3 nitrogen and oxygen atoms in total. The average Bonchev–Trinajstić information content (AvgIpc) is 2.03. The zero-order valence-corrected chi connectivity index (χ0v) is 5.87. The van der Waals surface area contributed by atoms with Gasteiger partial charge >= 0.3 is 0 Å². The van der Waals surface area contributed by atoms with Crippen LogP contribution in [0.2, 0.25) is 0 Å². The van der Waals surface area contributed by atoms with Gasteiger partial charge in [0, 0.05) is 32.0 Å². The topological polar surface area (TPSA) is 35.0 Å². The molecule has 0 aliphatic heterocycles. The fourth-order valence-corrected chi connectivity index (χ4v) is 0.613. The van der Waals surface area contributed by atoms with E-state index in [2.05, 4.69) is 16.0 Å². The van der Waals surface area contributed by atoms with Crippen molar-refractivity contribution in [3.8, 4) is 0 Å². The minimum absolute atomic E-state index is 0.671. The van der Waals surface area contributed by atoms with Crippen LogP contribution in [-0.4, -0.2) is 23.7 Å². The molecule has 3 heteroatoms. The first-order valence-electron chi connectivity index (χ1n) is 3.09. The quantitative estimate of drug-likeness (QED) is 0.607. The van der Waals surface area contributed by atoms with Gasteiger partial charge in [-0.15, -0.1) is 0 Å². The molecule has 0 fully saturated rings. The van der Waals surface area contributed by atoms with Gasteiger partial charge in [-0.2, -0.15) is 0 Å². The van der Waals surface area contributed by atoms with E-state index in [1.165, 1.54) is 0 Å². The van der Waals surface area contributed by atoms with Crippen molar-refractivity contribution >= 4 is 0 Å². The van der Waals surface area contributed by atoms with Gasteiger partial charge in [0.15, 0.2) is 0 Å². The highest BCUT2D eigenvalue weighted by molar-refractivity contribution is 4.86. The number of nitrogens with zero attached hydrogens (tertiary/aromatic N) is 2. The van der Waals surface area contributed by atoms with Crippen molar-refractivity contribution in [2.24, 2.45) is 0 Å². The van der Waals surface area contributed by atoms with Crippen LogP contribution in [0.5, 0.6) is 0 Å². The van der Waals surface area contributed by atoms with E-state index in [1.807, 2.05) is 0 Å². The number of aromatic nitrogens is 2. The Balaban J connectivity index is 2.43. The fraction of sp³-hybridized carbons (Fsp3) is 0.429. The van der Waals surface area contributed by atoms with Crippen LogP contribution in [0.1, 0.15) is 5.82 Å². The summed E-state index contributed by atoms with van der Waals surface area (Å²) in [5, 5.41) is 0. The monoisotopic (exact) mass is 137 g/mol. The third kappa shape index (κ3) is 2.11. The lowest BCUT2D eigenvalue weighted by atomic mass is 10.4. The van der Waals surface area contributed by atoms with Gasteiger partial charge in [0.05, 0.1) is 6.61 Å². The van der Waals surface area contributed by atoms with Crippen LogP contribution in [0.4, 0.5) is 0 Å². The van der Waals surface area contributed by atoms with Crippen LogP contribution in [-0.2, 0) is 11.2 Å². The largest absolute Gasteiger partial charge is 0.384 e. The Kier molecular flexibility index (Phi) is 2.83. The summed E-state index contributed by atoms with van der Waals surface area (Å²) in [6, 6.07) is 2.75. The van der Waals surface area contributed by atoms with Crippen LogP contribution < -0.4 is 0 Å². The van der Waals surface area contributed by atoms with E-state index in [0.717, 1.165) is 12.2 Å². The molecule has 10 heavy (non-hydrogen) atoms. The molecule has 0 unspecified atom stereocenters. The highest BCUT2D eigenvalue weighted by Crippen LogP contribution is 1.87. The van der Waals surface area contributed by atoms with E-state index >= 15 is 0 Å². The van der Waals surface area contributed by atoms with E-state index < -0.39 is 0 Å². The fourth-order valence-electron chi connectivity index (χ4n) is 0.613. The Bertz CT molecular complexity index is 176. The first-order chi connectivity index (χ1) is 4.93. The van der Waals surface area contributed by atoms with E-state index in [9.17, 15) is 0 Å². The zero-order chi connectivity index (χ0) is 7.23. The second-order valence-corrected chi connectivity index (χ2v) is 1.84. The van der Waals surface area contributed by atoms with Gasteiger partial charge in [-0.25, -0.2) is 9.97 Å². The summed E-state index contributed by atoms with van der Waals surface area (Å²) in [5.41, 5.74) is 0. The molecule has 0 N–H and O–H groups in total. The maximum atomic E-state index is 4.86. The van der Waals surface area contributed by atoms with Crippen LogP contribution in [0, 0.1) is 6.07 Å². The lowest BCUT2D eigenvalue weighted by Crippen LogP contribution is -1.98. The number of hydrogen-bond donors (Lipinski definition) is 0. The molecule has 0 saturated heterocycles. The predicted molar refractivity (Wildman–Crippen MR) is 36.4 cm³/mol. The summed E-state index contributed by atoms with van der Waals surface area (Å²) < 4.78 is 4.86. The molecule has 0 atom stereocenters. The third-order valence-electron chi connectivity index (χ3n) is 1.11. The molecule has 0 aromatic carbocycles. The third-order valence-corrected chi connectivity index (χ3v) is 1.11. The number of ether oxygens (including phenoxy) is 1. The zero-order valence-electron chi connectivity index (χ0n) is 5.87. The van der Waals surface area contributed by atoms with Gasteiger partial charge in [0.1, 0.15) is 5.82 Å². The average molecular weight is 137 g/mol. The standard InChI is InChI=1S/C7H9N2O/c1-10-6-3-7-8-4-2-5-9-7/h4-5H,3,6H2,1H3. The summed E-state index contributed by atoms with van der Waals surface area (Å²) >= 11 is 0. The molecule has 0 aliphatic rings. The van der Waals surface area contributed by atoms with E-state index in [0.29, 0.717) is 6.61 Å². The molecular formula is C7H9N2O. The van der Waals surface area contributed by atoms with Gasteiger partial charge in [0.2, 0.25) is 0 Å². The Morgan fingerprint density at radius 1 is 1.50 bits per heavy atom. The van der Waals surface area contributed by atoms with Crippen molar-refractivity contribution < 1.29 is 4.74 Å². The van der Waals surface area contributed by atoms with Gasteiger partial charge in [-0.05, 0) is 0 Å². The Labute approximate surface area is 60.1 Å². The lowest BCUT2D eigenvalue weighted by molar-refractivity contribution is 0.200. The molecule has 1 aromatic heterocycles. The number of rotatable bonds is 3. The molecule has 0 saturated carbocycles. The minimum Gasteiger partial charge on any atom is -0.384 e. The molecule has 1 heterocycles. The smallest absolute Gasteiger partial charge is 0.130 e. The Hall–Kier alpha value is -0.960. The summed E-state index contributed by atoms with van der Waals surface area (Å²) in [4.78, 5) is 7.94. The molecule has 53 valence electrons. The summed E-state index contributed by atoms with van der Waals surface area (Å²) in [5.74, 6) is 0.806. The maximum Gasteiger partial charge on any atom is 0.130 e. The van der Waals surface area contributed by atoms with Crippen LogP contribution in [0.15, 0.2) is 12.4 Å². The van der Waals surface area contributed by atoms with Gasteiger partial charge < -0.3 is 4.74 Å². The molecule has 1 aromatic rings.